The fourth-order valence-corrected chi connectivity index (χ4v) is 2.19. The molecule has 1 heterocycles. The molecule has 2 N–H and O–H groups in total. The van der Waals surface area contributed by atoms with E-state index in [0.717, 1.165) is 12.5 Å². The number of carbonyl (C=O) groups excluding carboxylic acids is 1. The molecule has 5 heteroatoms. The van der Waals surface area contributed by atoms with Gasteiger partial charge in [0.15, 0.2) is 0 Å². The monoisotopic (exact) mass is 234 g/mol. The third-order valence-electron chi connectivity index (χ3n) is 3.15. The maximum Gasteiger partial charge on any atom is 0.222 e. The molecule has 2 rings (SSSR count). The summed E-state index contributed by atoms with van der Waals surface area (Å²) in [5.41, 5.74) is 0.614. The smallest absolute Gasteiger partial charge is 0.222 e. The second-order valence-corrected chi connectivity index (χ2v) is 4.44. The van der Waals surface area contributed by atoms with Crippen LogP contribution in [-0.4, -0.2) is 22.9 Å². The van der Waals surface area contributed by atoms with Crippen LogP contribution in [0.2, 0.25) is 0 Å². The van der Waals surface area contributed by atoms with Crippen molar-refractivity contribution in [3.05, 3.63) is 12.4 Å². The van der Waals surface area contributed by atoms with E-state index >= 15 is 0 Å². The molecule has 1 saturated carbocycles. The van der Waals surface area contributed by atoms with Crippen LogP contribution in [0.3, 0.4) is 0 Å². The summed E-state index contributed by atoms with van der Waals surface area (Å²) in [6.45, 7) is 0.945. The number of nitrogens with zero attached hydrogens (tertiary/aromatic N) is 2. The summed E-state index contributed by atoms with van der Waals surface area (Å²) < 4.78 is 0. The molecule has 1 fully saturated rings. The maximum atomic E-state index is 10.2. The van der Waals surface area contributed by atoms with Crippen LogP contribution in [0.1, 0.15) is 32.1 Å². The first-order valence-corrected chi connectivity index (χ1v) is 6.14. The van der Waals surface area contributed by atoms with Crippen molar-refractivity contribution in [2.75, 3.05) is 17.2 Å². The number of carbonyl (C=O) groups is 1. The lowest BCUT2D eigenvalue weighted by atomic mass is 9.89. The van der Waals surface area contributed by atoms with Crippen LogP contribution in [0.15, 0.2) is 12.4 Å². The van der Waals surface area contributed by atoms with Gasteiger partial charge in [-0.3, -0.25) is 4.79 Å². The summed E-state index contributed by atoms with van der Waals surface area (Å²) in [5.74, 6) is 1.38. The van der Waals surface area contributed by atoms with Crippen LogP contribution < -0.4 is 10.6 Å². The molecule has 0 spiro atoms. The summed E-state index contributed by atoms with van der Waals surface area (Å²) in [4.78, 5) is 18.5. The molecule has 92 valence electrons. The van der Waals surface area contributed by atoms with Gasteiger partial charge in [-0.2, -0.15) is 0 Å². The highest BCUT2D eigenvalue weighted by Crippen LogP contribution is 2.23. The third kappa shape index (κ3) is 3.69. The predicted octanol–water partition coefficient (Wildman–Crippen LogP) is 2.04. The van der Waals surface area contributed by atoms with Crippen molar-refractivity contribution in [2.24, 2.45) is 5.92 Å². The van der Waals surface area contributed by atoms with Gasteiger partial charge in [0.25, 0.3) is 0 Å². The lowest BCUT2D eigenvalue weighted by molar-refractivity contribution is -0.105. The normalized spacial score (nSPS) is 16.5. The Morgan fingerprint density at radius 3 is 2.59 bits per heavy atom. The molecule has 5 nitrogen and oxygen atoms in total. The average molecular weight is 234 g/mol. The van der Waals surface area contributed by atoms with Gasteiger partial charge in [0.1, 0.15) is 0 Å². The van der Waals surface area contributed by atoms with E-state index < -0.39 is 0 Å². The second kappa shape index (κ2) is 6.18. The molecule has 0 aliphatic heterocycles. The van der Waals surface area contributed by atoms with Gasteiger partial charge in [0.2, 0.25) is 12.4 Å². The van der Waals surface area contributed by atoms with Crippen molar-refractivity contribution in [1.82, 2.24) is 9.97 Å². The highest BCUT2D eigenvalue weighted by molar-refractivity contribution is 5.70. The van der Waals surface area contributed by atoms with Crippen LogP contribution in [0.5, 0.6) is 0 Å². The molecule has 1 amide bonds. The van der Waals surface area contributed by atoms with E-state index in [0.29, 0.717) is 18.0 Å². The van der Waals surface area contributed by atoms with Crippen LogP contribution in [0.4, 0.5) is 11.6 Å². The standard InChI is InChI=1S/C12H18N4O/c17-9-16-11-7-14-12(15-8-11)13-6-10-4-2-1-3-5-10/h7-10H,1-6H2,(H,16,17)(H,13,14,15). The van der Waals surface area contributed by atoms with E-state index in [1.54, 1.807) is 12.4 Å². The summed E-state index contributed by atoms with van der Waals surface area (Å²) in [5, 5.41) is 5.75. The zero-order chi connectivity index (χ0) is 11.9. The first-order valence-electron chi connectivity index (χ1n) is 6.14. The zero-order valence-corrected chi connectivity index (χ0v) is 9.85. The maximum absolute atomic E-state index is 10.2. The number of amides is 1. The Balaban J connectivity index is 1.79. The van der Waals surface area contributed by atoms with Crippen LogP contribution in [-0.2, 0) is 4.79 Å². The number of hydrogen-bond acceptors (Lipinski definition) is 4. The summed E-state index contributed by atoms with van der Waals surface area (Å²) >= 11 is 0. The molecule has 0 aromatic carbocycles. The number of aromatic nitrogens is 2. The Bertz CT molecular complexity index is 346. The van der Waals surface area contributed by atoms with Gasteiger partial charge in [0, 0.05) is 6.54 Å². The lowest BCUT2D eigenvalue weighted by Gasteiger charge is -2.21. The topological polar surface area (TPSA) is 66.9 Å². The Labute approximate surface area is 101 Å². The van der Waals surface area contributed by atoms with Gasteiger partial charge in [0.05, 0.1) is 18.1 Å². The van der Waals surface area contributed by atoms with Crippen molar-refractivity contribution in [3.8, 4) is 0 Å². The van der Waals surface area contributed by atoms with E-state index in [-0.39, 0.29) is 0 Å². The highest BCUT2D eigenvalue weighted by Gasteiger charge is 2.13. The Morgan fingerprint density at radius 1 is 1.24 bits per heavy atom. The van der Waals surface area contributed by atoms with Gasteiger partial charge >= 0.3 is 0 Å². The summed E-state index contributed by atoms with van der Waals surface area (Å²) in [6, 6.07) is 0. The minimum atomic E-state index is 0.614. The molecular formula is C12H18N4O. The third-order valence-corrected chi connectivity index (χ3v) is 3.15. The molecule has 1 aromatic rings. The van der Waals surface area contributed by atoms with Gasteiger partial charge < -0.3 is 10.6 Å². The van der Waals surface area contributed by atoms with Crippen molar-refractivity contribution in [3.63, 3.8) is 0 Å². The molecule has 1 aliphatic carbocycles. The molecule has 1 aliphatic rings. The largest absolute Gasteiger partial charge is 0.354 e. The highest BCUT2D eigenvalue weighted by atomic mass is 16.1. The van der Waals surface area contributed by atoms with Gasteiger partial charge in [-0.15, -0.1) is 0 Å². The lowest BCUT2D eigenvalue weighted by Crippen LogP contribution is -2.18. The quantitative estimate of drug-likeness (QED) is 0.765. The number of nitrogens with one attached hydrogen (secondary N) is 2. The second-order valence-electron chi connectivity index (χ2n) is 4.44. The Morgan fingerprint density at radius 2 is 1.94 bits per heavy atom. The number of hydrogen-bond donors (Lipinski definition) is 2. The van der Waals surface area contributed by atoms with Gasteiger partial charge in [-0.25, -0.2) is 9.97 Å². The fourth-order valence-electron chi connectivity index (χ4n) is 2.19. The molecular weight excluding hydrogens is 216 g/mol. The van der Waals surface area contributed by atoms with Crippen LogP contribution >= 0.6 is 0 Å². The van der Waals surface area contributed by atoms with Crippen molar-refractivity contribution in [1.29, 1.82) is 0 Å². The summed E-state index contributed by atoms with van der Waals surface area (Å²) in [7, 11) is 0. The van der Waals surface area contributed by atoms with E-state index in [1.807, 2.05) is 0 Å². The first kappa shape index (κ1) is 11.8. The number of anilines is 2. The molecule has 0 bridgehead atoms. The molecule has 0 saturated heterocycles. The van der Waals surface area contributed by atoms with E-state index in [2.05, 4.69) is 20.6 Å². The van der Waals surface area contributed by atoms with Gasteiger partial charge in [-0.05, 0) is 18.8 Å². The van der Waals surface area contributed by atoms with Crippen LogP contribution in [0, 0.1) is 5.92 Å². The Kier molecular flexibility index (Phi) is 4.30. The summed E-state index contributed by atoms with van der Waals surface area (Å²) in [6.07, 6.45) is 10.5. The minimum Gasteiger partial charge on any atom is -0.354 e. The average Bonchev–Trinajstić information content (AvgIpc) is 2.40. The van der Waals surface area contributed by atoms with Crippen molar-refractivity contribution >= 4 is 18.0 Å². The zero-order valence-electron chi connectivity index (χ0n) is 9.85. The van der Waals surface area contributed by atoms with Crippen molar-refractivity contribution < 1.29 is 4.79 Å². The van der Waals surface area contributed by atoms with Gasteiger partial charge in [-0.1, -0.05) is 19.3 Å². The minimum absolute atomic E-state index is 0.614. The Hall–Kier alpha value is -1.65. The van der Waals surface area contributed by atoms with Crippen molar-refractivity contribution in [2.45, 2.75) is 32.1 Å². The molecule has 0 radical (unpaired) electrons. The predicted molar refractivity (Wildman–Crippen MR) is 66.8 cm³/mol. The molecule has 0 unspecified atom stereocenters. The SMILES string of the molecule is O=CNc1cnc(NCC2CCCCC2)nc1. The fraction of sp³-hybridized carbons (Fsp3) is 0.583. The van der Waals surface area contributed by atoms with E-state index in [1.165, 1.54) is 32.1 Å². The van der Waals surface area contributed by atoms with E-state index in [9.17, 15) is 4.79 Å². The molecule has 1 aromatic heterocycles. The van der Waals surface area contributed by atoms with Crippen LogP contribution in [0.25, 0.3) is 0 Å². The van der Waals surface area contributed by atoms with E-state index in [4.69, 9.17) is 0 Å². The molecule has 0 atom stereocenters. The first-order chi connectivity index (χ1) is 8.38. The number of rotatable bonds is 5. The molecule has 17 heavy (non-hydrogen) atoms.